The Kier molecular flexibility index (Phi) is 4.13. The third kappa shape index (κ3) is 2.84. The van der Waals surface area contributed by atoms with Gasteiger partial charge in [0.1, 0.15) is 0 Å². The van der Waals surface area contributed by atoms with Gasteiger partial charge in [-0.25, -0.2) is 5.01 Å². The van der Waals surface area contributed by atoms with Crippen LogP contribution in [0.15, 0.2) is 46.9 Å². The zero-order chi connectivity index (χ0) is 15.7. The van der Waals surface area contributed by atoms with Crippen LogP contribution in [0.25, 0.3) is 0 Å². The summed E-state index contributed by atoms with van der Waals surface area (Å²) in [7, 11) is 4.06. The van der Waals surface area contributed by atoms with Crippen LogP contribution in [0.4, 0.5) is 5.69 Å². The van der Waals surface area contributed by atoms with E-state index >= 15 is 0 Å². The molecule has 0 bridgehead atoms. The molecule has 0 radical (unpaired) electrons. The Morgan fingerprint density at radius 3 is 2.59 bits per heavy atom. The third-order valence-electron chi connectivity index (χ3n) is 3.74. The highest BCUT2D eigenvalue weighted by molar-refractivity contribution is 7.80. The van der Waals surface area contributed by atoms with Gasteiger partial charge in [0, 0.05) is 26.2 Å². The van der Waals surface area contributed by atoms with Gasteiger partial charge >= 0.3 is 0 Å². The molecule has 1 atom stereocenters. The summed E-state index contributed by atoms with van der Waals surface area (Å²) in [5, 5.41) is 8.76. The molecular weight excluding hydrogens is 312 g/mol. The smallest absolute Gasteiger partial charge is 0.187 e. The average Bonchev–Trinajstić information content (AvgIpc) is 3.16. The third-order valence-corrected chi connectivity index (χ3v) is 4.84. The second kappa shape index (κ2) is 6.06. The normalized spacial score (nSPS) is 17.5. The fourth-order valence-electron chi connectivity index (χ4n) is 2.56. The number of anilines is 1. The lowest BCUT2D eigenvalue weighted by molar-refractivity contribution is 0.373. The standard InChI is InChI=1S/C16H18N4S2/c1-19(2)12-7-5-11(6-8-12)14-10-13(15-4-3-9-22-15)18-20(14)16(17)21/h3-9,14H,10H2,1-2H3,(H2,17,21). The van der Waals surface area contributed by atoms with Crippen LogP contribution in [-0.2, 0) is 0 Å². The molecule has 0 saturated heterocycles. The largest absolute Gasteiger partial charge is 0.378 e. The van der Waals surface area contributed by atoms with Crippen molar-refractivity contribution in [1.29, 1.82) is 0 Å². The van der Waals surface area contributed by atoms with E-state index in [1.165, 1.54) is 16.1 Å². The molecule has 4 nitrogen and oxygen atoms in total. The summed E-state index contributed by atoms with van der Waals surface area (Å²) >= 11 is 6.86. The number of thiophene rings is 1. The number of benzene rings is 1. The summed E-state index contributed by atoms with van der Waals surface area (Å²) in [6.07, 6.45) is 0.819. The Hall–Kier alpha value is -1.92. The molecule has 1 aromatic carbocycles. The van der Waals surface area contributed by atoms with Gasteiger partial charge in [0.2, 0.25) is 0 Å². The zero-order valence-corrected chi connectivity index (χ0v) is 14.2. The van der Waals surface area contributed by atoms with Crippen LogP contribution < -0.4 is 10.6 Å². The van der Waals surface area contributed by atoms with Gasteiger partial charge in [-0.15, -0.1) is 11.3 Å². The fourth-order valence-corrected chi connectivity index (χ4v) is 3.45. The summed E-state index contributed by atoms with van der Waals surface area (Å²) in [5.41, 5.74) is 9.25. The summed E-state index contributed by atoms with van der Waals surface area (Å²) < 4.78 is 0. The van der Waals surface area contributed by atoms with Gasteiger partial charge in [0.15, 0.2) is 5.11 Å². The molecule has 0 saturated carbocycles. The number of hydrogen-bond acceptors (Lipinski definition) is 4. The number of hydrazone groups is 1. The maximum atomic E-state index is 5.86. The van der Waals surface area contributed by atoms with Crippen LogP contribution in [0, 0.1) is 0 Å². The minimum absolute atomic E-state index is 0.0748. The SMILES string of the molecule is CN(C)c1ccc(C2CC(c3cccs3)=NN2C(N)=S)cc1. The Bertz CT molecular complexity index is 689. The van der Waals surface area contributed by atoms with Crippen molar-refractivity contribution in [3.8, 4) is 0 Å². The number of thiocarbonyl (C=S) groups is 1. The van der Waals surface area contributed by atoms with Gasteiger partial charge in [-0.1, -0.05) is 18.2 Å². The highest BCUT2D eigenvalue weighted by Gasteiger charge is 2.30. The van der Waals surface area contributed by atoms with Crippen molar-refractivity contribution in [2.24, 2.45) is 10.8 Å². The van der Waals surface area contributed by atoms with Crippen molar-refractivity contribution >= 4 is 40.1 Å². The molecular formula is C16H18N4S2. The highest BCUT2D eigenvalue weighted by atomic mass is 32.1. The van der Waals surface area contributed by atoms with E-state index in [0.29, 0.717) is 5.11 Å². The van der Waals surface area contributed by atoms with Crippen LogP contribution in [0.1, 0.15) is 22.9 Å². The molecule has 114 valence electrons. The summed E-state index contributed by atoms with van der Waals surface area (Å²) in [6, 6.07) is 12.7. The highest BCUT2D eigenvalue weighted by Crippen LogP contribution is 2.34. The molecule has 1 unspecified atom stereocenters. The van der Waals surface area contributed by atoms with Gasteiger partial charge < -0.3 is 10.6 Å². The van der Waals surface area contributed by atoms with Crippen LogP contribution in [-0.4, -0.2) is 29.9 Å². The average molecular weight is 330 g/mol. The molecule has 0 fully saturated rings. The molecule has 0 amide bonds. The molecule has 1 aromatic heterocycles. The lowest BCUT2D eigenvalue weighted by Crippen LogP contribution is -2.31. The Morgan fingerprint density at radius 2 is 2.05 bits per heavy atom. The van der Waals surface area contributed by atoms with E-state index < -0.39 is 0 Å². The maximum Gasteiger partial charge on any atom is 0.187 e. The number of nitrogens with zero attached hydrogens (tertiary/aromatic N) is 3. The van der Waals surface area contributed by atoms with Crippen molar-refractivity contribution in [2.45, 2.75) is 12.5 Å². The second-order valence-electron chi connectivity index (χ2n) is 5.41. The number of hydrogen-bond donors (Lipinski definition) is 1. The lowest BCUT2D eigenvalue weighted by Gasteiger charge is -2.22. The molecule has 0 spiro atoms. The van der Waals surface area contributed by atoms with Crippen molar-refractivity contribution in [1.82, 2.24) is 5.01 Å². The van der Waals surface area contributed by atoms with E-state index in [4.69, 9.17) is 18.0 Å². The maximum absolute atomic E-state index is 5.86. The van der Waals surface area contributed by atoms with Gasteiger partial charge in [0.25, 0.3) is 0 Å². The Balaban J connectivity index is 1.88. The van der Waals surface area contributed by atoms with Crippen molar-refractivity contribution in [3.05, 3.63) is 52.2 Å². The number of rotatable bonds is 3. The molecule has 0 aliphatic carbocycles. The minimum atomic E-state index is 0.0748. The molecule has 1 aliphatic heterocycles. The van der Waals surface area contributed by atoms with Crippen LogP contribution in [0.2, 0.25) is 0 Å². The topological polar surface area (TPSA) is 44.9 Å². The van der Waals surface area contributed by atoms with Gasteiger partial charge in [-0.3, -0.25) is 0 Å². The van der Waals surface area contributed by atoms with Crippen LogP contribution in [0.5, 0.6) is 0 Å². The monoisotopic (exact) mass is 330 g/mol. The van der Waals surface area contributed by atoms with Crippen LogP contribution in [0.3, 0.4) is 0 Å². The molecule has 2 aromatic rings. The van der Waals surface area contributed by atoms with Crippen molar-refractivity contribution < 1.29 is 0 Å². The number of nitrogens with two attached hydrogens (primary N) is 1. The second-order valence-corrected chi connectivity index (χ2v) is 6.78. The molecule has 6 heteroatoms. The van der Waals surface area contributed by atoms with E-state index in [1.807, 2.05) is 20.2 Å². The lowest BCUT2D eigenvalue weighted by atomic mass is 10.0. The van der Waals surface area contributed by atoms with E-state index in [2.05, 4.69) is 45.7 Å². The zero-order valence-electron chi connectivity index (χ0n) is 12.6. The van der Waals surface area contributed by atoms with Gasteiger partial charge in [-0.2, -0.15) is 5.10 Å². The van der Waals surface area contributed by atoms with E-state index in [9.17, 15) is 0 Å². The van der Waals surface area contributed by atoms with Crippen molar-refractivity contribution in [3.63, 3.8) is 0 Å². The Morgan fingerprint density at radius 1 is 1.32 bits per heavy atom. The van der Waals surface area contributed by atoms with E-state index in [0.717, 1.165) is 12.1 Å². The predicted molar refractivity (Wildman–Crippen MR) is 97.6 cm³/mol. The summed E-state index contributed by atoms with van der Waals surface area (Å²) in [6.45, 7) is 0. The molecule has 3 rings (SSSR count). The summed E-state index contributed by atoms with van der Waals surface area (Å²) in [4.78, 5) is 3.26. The predicted octanol–water partition coefficient (Wildman–Crippen LogP) is 3.21. The first-order valence-electron chi connectivity index (χ1n) is 7.03. The quantitative estimate of drug-likeness (QED) is 0.878. The van der Waals surface area contributed by atoms with E-state index in [-0.39, 0.29) is 6.04 Å². The Labute approximate surface area is 139 Å². The molecule has 1 aliphatic rings. The van der Waals surface area contributed by atoms with E-state index in [1.54, 1.807) is 16.3 Å². The van der Waals surface area contributed by atoms with Crippen LogP contribution >= 0.6 is 23.6 Å². The minimum Gasteiger partial charge on any atom is -0.378 e. The first-order chi connectivity index (χ1) is 10.6. The first kappa shape index (κ1) is 15.0. The van der Waals surface area contributed by atoms with Gasteiger partial charge in [-0.05, 0) is 41.4 Å². The van der Waals surface area contributed by atoms with Gasteiger partial charge in [0.05, 0.1) is 16.6 Å². The summed E-state index contributed by atoms with van der Waals surface area (Å²) in [5.74, 6) is 0. The molecule has 22 heavy (non-hydrogen) atoms. The fraction of sp³-hybridized carbons (Fsp3) is 0.250. The molecule has 2 N–H and O–H groups in total. The first-order valence-corrected chi connectivity index (χ1v) is 8.32. The van der Waals surface area contributed by atoms with Crippen molar-refractivity contribution in [2.75, 3.05) is 19.0 Å². The molecule has 2 heterocycles.